The first-order valence-corrected chi connectivity index (χ1v) is 7.61. The molecule has 1 aliphatic rings. The van der Waals surface area contributed by atoms with Crippen molar-refractivity contribution in [3.05, 3.63) is 69.4 Å². The summed E-state index contributed by atoms with van der Waals surface area (Å²) in [5.74, 6) is -0.0364. The standard InChI is InChI=1S/C17H16BrFO/c18-15-5-11(6-16(19)10-15)7-17(20)14-8-12-3-1-2-4-13(12)9-14/h1-6,10,14,17,20H,7-9H2. The van der Waals surface area contributed by atoms with Gasteiger partial charge < -0.3 is 5.11 Å². The lowest BCUT2D eigenvalue weighted by Gasteiger charge is -2.18. The molecule has 20 heavy (non-hydrogen) atoms. The van der Waals surface area contributed by atoms with Gasteiger partial charge >= 0.3 is 0 Å². The van der Waals surface area contributed by atoms with Gasteiger partial charge in [0.25, 0.3) is 0 Å². The highest BCUT2D eigenvalue weighted by atomic mass is 79.9. The van der Waals surface area contributed by atoms with Crippen molar-refractivity contribution in [3.8, 4) is 0 Å². The zero-order chi connectivity index (χ0) is 14.1. The molecule has 0 radical (unpaired) electrons. The lowest BCUT2D eigenvalue weighted by Crippen LogP contribution is -2.23. The minimum absolute atomic E-state index is 0.231. The average Bonchev–Trinajstić information content (AvgIpc) is 2.81. The molecule has 1 atom stereocenters. The first-order valence-electron chi connectivity index (χ1n) is 6.81. The Hall–Kier alpha value is -1.19. The maximum atomic E-state index is 13.4. The fourth-order valence-electron chi connectivity index (χ4n) is 3.00. The molecule has 0 heterocycles. The Labute approximate surface area is 126 Å². The number of rotatable bonds is 3. The van der Waals surface area contributed by atoms with Gasteiger partial charge in [0.1, 0.15) is 5.82 Å². The van der Waals surface area contributed by atoms with Crippen LogP contribution >= 0.6 is 15.9 Å². The maximum Gasteiger partial charge on any atom is 0.124 e. The van der Waals surface area contributed by atoms with Crippen molar-refractivity contribution in [1.29, 1.82) is 0 Å². The molecule has 0 spiro atoms. The van der Waals surface area contributed by atoms with Gasteiger partial charge in [-0.1, -0.05) is 40.2 Å². The predicted octanol–water partition coefficient (Wildman–Crippen LogP) is 3.91. The number of hydrogen-bond donors (Lipinski definition) is 1. The molecule has 3 heteroatoms. The first kappa shape index (κ1) is 13.8. The molecule has 1 N–H and O–H groups in total. The summed E-state index contributed by atoms with van der Waals surface area (Å²) >= 11 is 3.29. The predicted molar refractivity (Wildman–Crippen MR) is 81.2 cm³/mol. The van der Waals surface area contributed by atoms with E-state index in [1.54, 1.807) is 0 Å². The third kappa shape index (κ3) is 2.94. The van der Waals surface area contributed by atoms with Crippen molar-refractivity contribution < 1.29 is 9.50 Å². The van der Waals surface area contributed by atoms with E-state index < -0.39 is 6.10 Å². The zero-order valence-corrected chi connectivity index (χ0v) is 12.6. The van der Waals surface area contributed by atoms with E-state index in [0.29, 0.717) is 6.42 Å². The summed E-state index contributed by atoms with van der Waals surface area (Å²) in [6, 6.07) is 13.1. The summed E-state index contributed by atoms with van der Waals surface area (Å²) in [6.07, 6.45) is 1.88. The number of aliphatic hydroxyl groups excluding tert-OH is 1. The topological polar surface area (TPSA) is 20.2 Å². The van der Waals surface area contributed by atoms with Crippen LogP contribution < -0.4 is 0 Å². The number of benzene rings is 2. The summed E-state index contributed by atoms with van der Waals surface area (Å²) in [5.41, 5.74) is 3.49. The fraction of sp³-hybridized carbons (Fsp3) is 0.294. The van der Waals surface area contributed by atoms with Crippen LogP contribution in [0, 0.1) is 11.7 Å². The summed E-state index contributed by atoms with van der Waals surface area (Å²) in [7, 11) is 0. The van der Waals surface area contributed by atoms with Crippen LogP contribution in [0.3, 0.4) is 0 Å². The van der Waals surface area contributed by atoms with E-state index >= 15 is 0 Å². The van der Waals surface area contributed by atoms with Gasteiger partial charge in [0, 0.05) is 4.47 Å². The maximum absolute atomic E-state index is 13.4. The average molecular weight is 335 g/mol. The highest BCUT2D eigenvalue weighted by molar-refractivity contribution is 9.10. The number of fused-ring (bicyclic) bond motifs is 1. The van der Waals surface area contributed by atoms with E-state index in [1.165, 1.54) is 23.3 Å². The van der Waals surface area contributed by atoms with E-state index in [2.05, 4.69) is 28.1 Å². The molecule has 1 aliphatic carbocycles. The fourth-order valence-corrected chi connectivity index (χ4v) is 3.51. The van der Waals surface area contributed by atoms with Gasteiger partial charge in [0.05, 0.1) is 6.10 Å². The second kappa shape index (κ2) is 5.66. The monoisotopic (exact) mass is 334 g/mol. The molecule has 2 aromatic rings. The minimum atomic E-state index is -0.434. The van der Waals surface area contributed by atoms with Crippen LogP contribution in [0.5, 0.6) is 0 Å². The Kier molecular flexibility index (Phi) is 3.90. The van der Waals surface area contributed by atoms with Gasteiger partial charge in [-0.2, -0.15) is 0 Å². The molecule has 1 unspecified atom stereocenters. The Morgan fingerprint density at radius 1 is 1.15 bits per heavy atom. The Bertz CT molecular complexity index is 581. The molecule has 0 aliphatic heterocycles. The van der Waals surface area contributed by atoms with Crippen molar-refractivity contribution in [2.24, 2.45) is 5.92 Å². The molecule has 104 valence electrons. The highest BCUT2D eigenvalue weighted by Gasteiger charge is 2.27. The van der Waals surface area contributed by atoms with Gasteiger partial charge in [-0.15, -0.1) is 0 Å². The Balaban J connectivity index is 1.70. The molecule has 3 rings (SSSR count). The largest absolute Gasteiger partial charge is 0.392 e. The quantitative estimate of drug-likeness (QED) is 0.902. The molecule has 0 saturated carbocycles. The van der Waals surface area contributed by atoms with Crippen molar-refractivity contribution in [3.63, 3.8) is 0 Å². The smallest absolute Gasteiger partial charge is 0.124 e. The van der Waals surface area contributed by atoms with Crippen molar-refractivity contribution >= 4 is 15.9 Å². The van der Waals surface area contributed by atoms with Crippen LogP contribution in [0.25, 0.3) is 0 Å². The van der Waals surface area contributed by atoms with E-state index in [-0.39, 0.29) is 11.7 Å². The molecule has 1 nitrogen and oxygen atoms in total. The number of aliphatic hydroxyl groups is 1. The van der Waals surface area contributed by atoms with Crippen LogP contribution in [-0.4, -0.2) is 11.2 Å². The summed E-state index contributed by atoms with van der Waals surface area (Å²) in [4.78, 5) is 0. The molecule has 0 saturated heterocycles. The minimum Gasteiger partial charge on any atom is -0.392 e. The molecular formula is C17H16BrFO. The first-order chi connectivity index (χ1) is 9.61. The van der Waals surface area contributed by atoms with Crippen molar-refractivity contribution in [2.75, 3.05) is 0 Å². The SMILES string of the molecule is OC(Cc1cc(F)cc(Br)c1)C1Cc2ccccc2C1. The molecule has 0 fully saturated rings. The van der Waals surface area contributed by atoms with Crippen LogP contribution in [0.15, 0.2) is 46.9 Å². The summed E-state index contributed by atoms with van der Waals surface area (Å²) in [6.45, 7) is 0. The van der Waals surface area contributed by atoms with Gasteiger partial charge in [0.15, 0.2) is 0 Å². The summed E-state index contributed by atoms with van der Waals surface area (Å²) < 4.78 is 14.1. The number of hydrogen-bond acceptors (Lipinski definition) is 1. The Morgan fingerprint density at radius 2 is 1.80 bits per heavy atom. The van der Waals surface area contributed by atoms with Gasteiger partial charge in [-0.05, 0) is 60.1 Å². The van der Waals surface area contributed by atoms with Crippen LogP contribution in [0.2, 0.25) is 0 Å². The highest BCUT2D eigenvalue weighted by Crippen LogP contribution is 2.30. The van der Waals surface area contributed by atoms with Crippen molar-refractivity contribution in [1.82, 2.24) is 0 Å². The van der Waals surface area contributed by atoms with E-state index in [1.807, 2.05) is 18.2 Å². The Morgan fingerprint density at radius 3 is 2.40 bits per heavy atom. The third-order valence-corrected chi connectivity index (χ3v) is 4.45. The summed E-state index contributed by atoms with van der Waals surface area (Å²) in [5, 5.41) is 10.4. The van der Waals surface area contributed by atoms with Crippen LogP contribution in [-0.2, 0) is 19.3 Å². The van der Waals surface area contributed by atoms with Gasteiger partial charge in [-0.25, -0.2) is 4.39 Å². The molecule has 2 aromatic carbocycles. The number of halogens is 2. The normalized spacial score (nSPS) is 16.1. The van der Waals surface area contributed by atoms with E-state index in [4.69, 9.17) is 0 Å². The van der Waals surface area contributed by atoms with Gasteiger partial charge in [-0.3, -0.25) is 0 Å². The zero-order valence-electron chi connectivity index (χ0n) is 11.0. The second-order valence-electron chi connectivity index (χ2n) is 5.49. The lowest BCUT2D eigenvalue weighted by molar-refractivity contribution is 0.112. The molecule has 0 aromatic heterocycles. The second-order valence-corrected chi connectivity index (χ2v) is 6.40. The molecule has 0 amide bonds. The van der Waals surface area contributed by atoms with E-state index in [9.17, 15) is 9.50 Å². The third-order valence-electron chi connectivity index (χ3n) is 3.99. The van der Waals surface area contributed by atoms with Gasteiger partial charge in [0.2, 0.25) is 0 Å². The molecular weight excluding hydrogens is 319 g/mol. The van der Waals surface area contributed by atoms with Crippen LogP contribution in [0.1, 0.15) is 16.7 Å². The lowest BCUT2D eigenvalue weighted by atomic mass is 9.93. The van der Waals surface area contributed by atoms with Crippen LogP contribution in [0.4, 0.5) is 4.39 Å². The van der Waals surface area contributed by atoms with E-state index in [0.717, 1.165) is 22.9 Å². The van der Waals surface area contributed by atoms with Crippen molar-refractivity contribution in [2.45, 2.75) is 25.4 Å². The molecule has 0 bridgehead atoms.